The van der Waals surface area contributed by atoms with Crippen LogP contribution in [-0.4, -0.2) is 46.7 Å². The molecule has 1 aromatic rings. The van der Waals surface area contributed by atoms with Crippen LogP contribution in [0.15, 0.2) is 18.2 Å². The first-order chi connectivity index (χ1) is 13.4. The van der Waals surface area contributed by atoms with Crippen LogP contribution in [0.5, 0.6) is 0 Å². The number of nitrogens with one attached hydrogen (secondary N) is 2. The van der Waals surface area contributed by atoms with Crippen molar-refractivity contribution in [1.82, 2.24) is 15.5 Å². The molecule has 4 rings (SSSR count). The average Bonchev–Trinajstić information content (AvgIpc) is 3.27. The van der Waals surface area contributed by atoms with Gasteiger partial charge in [-0.25, -0.2) is 0 Å². The van der Waals surface area contributed by atoms with Crippen LogP contribution in [0.3, 0.4) is 0 Å². The Hall–Kier alpha value is -2.74. The van der Waals surface area contributed by atoms with Gasteiger partial charge >= 0.3 is 0 Å². The van der Waals surface area contributed by atoms with E-state index in [1.165, 1.54) is 4.90 Å². The summed E-state index contributed by atoms with van der Waals surface area (Å²) in [4.78, 5) is 50.9. The molecule has 0 aromatic heterocycles. The number of benzene rings is 1. The van der Waals surface area contributed by atoms with Crippen LogP contribution in [0.2, 0.25) is 0 Å². The number of carbonyl (C=O) groups is 4. The molecule has 0 bridgehead atoms. The zero-order chi connectivity index (χ0) is 19.9. The fourth-order valence-corrected chi connectivity index (χ4v) is 4.54. The van der Waals surface area contributed by atoms with Gasteiger partial charge in [0.1, 0.15) is 6.04 Å². The van der Waals surface area contributed by atoms with Gasteiger partial charge < -0.3 is 16.0 Å². The second-order valence-corrected chi connectivity index (χ2v) is 7.88. The maximum absolute atomic E-state index is 13.0. The van der Waals surface area contributed by atoms with E-state index in [2.05, 4.69) is 10.6 Å². The van der Waals surface area contributed by atoms with Crippen molar-refractivity contribution in [1.29, 1.82) is 0 Å². The third kappa shape index (κ3) is 3.07. The van der Waals surface area contributed by atoms with Gasteiger partial charge in [-0.3, -0.25) is 24.5 Å². The molecule has 8 nitrogen and oxygen atoms in total. The molecule has 1 atom stereocenters. The third-order valence-electron chi connectivity index (χ3n) is 6.16. The van der Waals surface area contributed by atoms with Crippen molar-refractivity contribution in [3.05, 3.63) is 34.9 Å². The highest BCUT2D eigenvalue weighted by Crippen LogP contribution is 2.32. The van der Waals surface area contributed by atoms with E-state index in [0.29, 0.717) is 29.7 Å². The fraction of sp³-hybridized carbons (Fsp3) is 0.500. The molecule has 2 heterocycles. The number of hydrogen-bond donors (Lipinski definition) is 3. The Bertz CT molecular complexity index is 860. The lowest BCUT2D eigenvalue weighted by atomic mass is 9.96. The van der Waals surface area contributed by atoms with Crippen molar-refractivity contribution in [3.63, 3.8) is 0 Å². The van der Waals surface area contributed by atoms with Crippen molar-refractivity contribution in [2.45, 2.75) is 56.7 Å². The van der Waals surface area contributed by atoms with Crippen LogP contribution in [0, 0.1) is 0 Å². The highest BCUT2D eigenvalue weighted by Gasteiger charge is 2.41. The summed E-state index contributed by atoms with van der Waals surface area (Å²) in [5.74, 6) is -1.30. The fourth-order valence-electron chi connectivity index (χ4n) is 4.54. The first kappa shape index (κ1) is 18.6. The molecule has 1 saturated heterocycles. The second-order valence-electron chi connectivity index (χ2n) is 7.88. The molecule has 28 heavy (non-hydrogen) atoms. The minimum absolute atomic E-state index is 0.180. The van der Waals surface area contributed by atoms with E-state index in [0.717, 1.165) is 25.7 Å². The summed E-state index contributed by atoms with van der Waals surface area (Å²) in [6.45, 7) is 0.564. The van der Waals surface area contributed by atoms with Crippen LogP contribution in [0.1, 0.15) is 64.8 Å². The van der Waals surface area contributed by atoms with E-state index in [-0.39, 0.29) is 36.2 Å². The van der Waals surface area contributed by atoms with Gasteiger partial charge in [0.15, 0.2) is 0 Å². The minimum Gasteiger partial charge on any atom is -0.345 e. The quantitative estimate of drug-likeness (QED) is 0.651. The summed E-state index contributed by atoms with van der Waals surface area (Å²) < 4.78 is 0. The highest BCUT2D eigenvalue weighted by molar-refractivity contribution is 6.07. The van der Waals surface area contributed by atoms with Crippen LogP contribution < -0.4 is 16.4 Å². The van der Waals surface area contributed by atoms with Gasteiger partial charge in [0.05, 0.1) is 5.54 Å². The summed E-state index contributed by atoms with van der Waals surface area (Å²) >= 11 is 0. The number of imide groups is 1. The molecular formula is C20H24N4O4. The number of amides is 4. The van der Waals surface area contributed by atoms with Crippen LogP contribution in [0.25, 0.3) is 0 Å². The summed E-state index contributed by atoms with van der Waals surface area (Å²) in [5, 5.41) is 5.38. The molecule has 4 amide bonds. The smallest absolute Gasteiger partial charge is 0.255 e. The van der Waals surface area contributed by atoms with Gasteiger partial charge in [-0.05, 0) is 37.0 Å². The van der Waals surface area contributed by atoms with E-state index in [4.69, 9.17) is 5.73 Å². The Morgan fingerprint density at radius 1 is 1.25 bits per heavy atom. The first-order valence-corrected chi connectivity index (χ1v) is 9.73. The van der Waals surface area contributed by atoms with Crippen LogP contribution in [0.4, 0.5) is 0 Å². The Balaban J connectivity index is 1.58. The van der Waals surface area contributed by atoms with Gasteiger partial charge in [-0.1, -0.05) is 18.9 Å². The normalized spacial score (nSPS) is 23.5. The molecule has 2 aliphatic heterocycles. The molecule has 8 heteroatoms. The summed E-state index contributed by atoms with van der Waals surface area (Å²) in [6.07, 6.45) is 4.26. The number of piperidine rings is 1. The monoisotopic (exact) mass is 384 g/mol. The predicted molar refractivity (Wildman–Crippen MR) is 100 cm³/mol. The second kappa shape index (κ2) is 7.01. The minimum atomic E-state index is -0.696. The van der Waals surface area contributed by atoms with E-state index >= 15 is 0 Å². The number of nitrogens with two attached hydrogens (primary N) is 1. The lowest BCUT2D eigenvalue weighted by molar-refractivity contribution is -0.136. The Labute approximate surface area is 162 Å². The number of fused-ring (bicyclic) bond motifs is 1. The maximum atomic E-state index is 13.0. The summed E-state index contributed by atoms with van der Waals surface area (Å²) in [5.41, 5.74) is 7.05. The van der Waals surface area contributed by atoms with Gasteiger partial charge in [-0.2, -0.15) is 0 Å². The van der Waals surface area contributed by atoms with Crippen LogP contribution in [-0.2, 0) is 16.1 Å². The zero-order valence-electron chi connectivity index (χ0n) is 15.6. The van der Waals surface area contributed by atoms with E-state index < -0.39 is 11.9 Å². The molecular weight excluding hydrogens is 360 g/mol. The first-order valence-electron chi connectivity index (χ1n) is 9.73. The zero-order valence-corrected chi connectivity index (χ0v) is 15.6. The van der Waals surface area contributed by atoms with Crippen molar-refractivity contribution < 1.29 is 19.2 Å². The predicted octanol–water partition coefficient (Wildman–Crippen LogP) is 0.449. The molecule has 3 aliphatic rings. The highest BCUT2D eigenvalue weighted by atomic mass is 16.2. The Kier molecular flexibility index (Phi) is 4.66. The lowest BCUT2D eigenvalue weighted by Crippen LogP contribution is -2.52. The molecule has 4 N–H and O–H groups in total. The van der Waals surface area contributed by atoms with Gasteiger partial charge in [0.25, 0.3) is 11.8 Å². The molecule has 2 fully saturated rings. The molecule has 1 unspecified atom stereocenters. The van der Waals surface area contributed by atoms with Crippen molar-refractivity contribution >= 4 is 23.6 Å². The molecule has 148 valence electrons. The van der Waals surface area contributed by atoms with Gasteiger partial charge in [-0.15, -0.1) is 0 Å². The number of carbonyl (C=O) groups excluding carboxylic acids is 4. The molecule has 1 aliphatic carbocycles. The average molecular weight is 384 g/mol. The van der Waals surface area contributed by atoms with Gasteiger partial charge in [0.2, 0.25) is 11.8 Å². The Morgan fingerprint density at radius 3 is 2.68 bits per heavy atom. The Morgan fingerprint density at radius 2 is 2.00 bits per heavy atom. The van der Waals surface area contributed by atoms with Crippen LogP contribution >= 0.6 is 0 Å². The van der Waals surface area contributed by atoms with Crippen molar-refractivity contribution in [2.24, 2.45) is 5.73 Å². The number of hydrogen-bond acceptors (Lipinski definition) is 5. The topological polar surface area (TPSA) is 122 Å². The van der Waals surface area contributed by atoms with E-state index in [9.17, 15) is 19.2 Å². The maximum Gasteiger partial charge on any atom is 0.255 e. The molecule has 0 spiro atoms. The third-order valence-corrected chi connectivity index (χ3v) is 6.16. The molecule has 1 saturated carbocycles. The number of rotatable bonds is 4. The lowest BCUT2D eigenvalue weighted by Gasteiger charge is -2.30. The molecule has 1 aromatic carbocycles. The SMILES string of the molecule is NCC1(NC(=O)c2cccc3c2CN(C2CCC(=O)NC2=O)C3=O)CCCC1. The standard InChI is InChI=1S/C20H24N4O4/c21-11-20(8-1-2-9-20)23-17(26)12-4-3-5-13-14(12)10-24(19(13)28)15-6-7-16(25)22-18(15)27/h3-5,15H,1-2,6-11,21H2,(H,23,26)(H,22,25,27). The van der Waals surface area contributed by atoms with E-state index in [1.54, 1.807) is 18.2 Å². The summed E-state index contributed by atoms with van der Waals surface area (Å²) in [6, 6.07) is 4.37. The largest absolute Gasteiger partial charge is 0.345 e. The summed E-state index contributed by atoms with van der Waals surface area (Å²) in [7, 11) is 0. The number of nitrogens with zero attached hydrogens (tertiary/aromatic N) is 1. The van der Waals surface area contributed by atoms with E-state index in [1.807, 2.05) is 0 Å². The molecule has 0 radical (unpaired) electrons. The van der Waals surface area contributed by atoms with Crippen molar-refractivity contribution in [3.8, 4) is 0 Å². The van der Waals surface area contributed by atoms with Gasteiger partial charge in [0, 0.05) is 30.6 Å². The van der Waals surface area contributed by atoms with Crippen molar-refractivity contribution in [2.75, 3.05) is 6.54 Å².